The van der Waals surface area contributed by atoms with E-state index in [4.69, 9.17) is 19.6 Å². The van der Waals surface area contributed by atoms with Crippen molar-refractivity contribution in [3.05, 3.63) is 131 Å². The van der Waals surface area contributed by atoms with E-state index in [-0.39, 0.29) is 12.5 Å². The minimum atomic E-state index is -1.24. The van der Waals surface area contributed by atoms with Crippen LogP contribution in [-0.2, 0) is 22.5 Å². The number of nitrogens with zero attached hydrogens (tertiary/aromatic N) is 2. The number of aliphatic imine (C=N–C) groups is 1. The van der Waals surface area contributed by atoms with Crippen LogP contribution in [-0.4, -0.2) is 49.8 Å². The molecule has 0 saturated heterocycles. The third-order valence-corrected chi connectivity index (χ3v) is 7.35. The maximum absolute atomic E-state index is 14.3. The molecule has 2 atom stereocenters. The van der Waals surface area contributed by atoms with Gasteiger partial charge in [0.15, 0.2) is 11.6 Å². The molecule has 0 fully saturated rings. The predicted molar refractivity (Wildman–Crippen MR) is 166 cm³/mol. The molecule has 0 aromatic heterocycles. The van der Waals surface area contributed by atoms with Crippen molar-refractivity contribution in [2.24, 2.45) is 4.99 Å². The fourth-order valence-electron chi connectivity index (χ4n) is 5.06. The van der Waals surface area contributed by atoms with Crippen molar-refractivity contribution in [1.82, 2.24) is 5.32 Å². The van der Waals surface area contributed by atoms with Gasteiger partial charge in [0.2, 0.25) is 5.90 Å². The van der Waals surface area contributed by atoms with Gasteiger partial charge in [0.05, 0.1) is 6.61 Å². The second-order valence-electron chi connectivity index (χ2n) is 10.6. The van der Waals surface area contributed by atoms with Crippen molar-refractivity contribution < 1.29 is 19.4 Å². The van der Waals surface area contributed by atoms with Crippen LogP contribution in [0, 0.1) is 0 Å². The number of hydrogen-bond donors (Lipinski definition) is 2. The van der Waals surface area contributed by atoms with Gasteiger partial charge in [0, 0.05) is 51.3 Å². The van der Waals surface area contributed by atoms with Gasteiger partial charge in [0.25, 0.3) is 5.91 Å². The molecule has 1 heterocycles. The Labute approximate surface area is 247 Å². The van der Waals surface area contributed by atoms with Crippen LogP contribution in [0.2, 0.25) is 0 Å². The number of benzene rings is 4. The number of aliphatic hydroxyl groups is 1. The maximum atomic E-state index is 14.3. The van der Waals surface area contributed by atoms with E-state index in [9.17, 15) is 4.79 Å². The fourth-order valence-corrected chi connectivity index (χ4v) is 5.06. The number of anilines is 1. The summed E-state index contributed by atoms with van der Waals surface area (Å²) in [4.78, 5) is 21.5. The highest BCUT2D eigenvalue weighted by Gasteiger charge is 2.53. The zero-order chi connectivity index (χ0) is 29.4. The molecule has 1 aliphatic rings. The first-order chi connectivity index (χ1) is 20.5. The van der Waals surface area contributed by atoms with Gasteiger partial charge in [-0.2, -0.15) is 0 Å². The van der Waals surface area contributed by atoms with Crippen LogP contribution in [0.1, 0.15) is 34.8 Å². The van der Waals surface area contributed by atoms with Gasteiger partial charge in [-0.3, -0.25) is 4.79 Å². The lowest BCUT2D eigenvalue weighted by Crippen LogP contribution is -2.49. The molecule has 5 rings (SSSR count). The summed E-state index contributed by atoms with van der Waals surface area (Å²) in [5.74, 6) is 0.905. The molecule has 7 heteroatoms. The summed E-state index contributed by atoms with van der Waals surface area (Å²) in [6, 6.07) is 35.4. The Morgan fingerprint density at radius 3 is 2.21 bits per heavy atom. The number of carbonyl (C=O) groups is 1. The lowest BCUT2D eigenvalue weighted by Gasteiger charge is -2.31. The van der Waals surface area contributed by atoms with E-state index in [1.807, 2.05) is 128 Å². The molecule has 0 radical (unpaired) electrons. The highest BCUT2D eigenvalue weighted by molar-refractivity contribution is 6.01. The summed E-state index contributed by atoms with van der Waals surface area (Å²) in [6.07, 6.45) is 0.295. The Morgan fingerprint density at radius 2 is 1.57 bits per heavy atom. The molecule has 0 unspecified atom stereocenters. The number of rotatable bonds is 12. The van der Waals surface area contributed by atoms with E-state index in [0.29, 0.717) is 37.6 Å². The lowest BCUT2D eigenvalue weighted by atomic mass is 9.82. The Balaban J connectivity index is 1.50. The van der Waals surface area contributed by atoms with Gasteiger partial charge in [-0.15, -0.1) is 0 Å². The number of hydrogen-bond acceptors (Lipinski definition) is 6. The van der Waals surface area contributed by atoms with Crippen molar-refractivity contribution >= 4 is 17.5 Å². The molecular weight excluding hydrogens is 526 g/mol. The molecule has 0 saturated carbocycles. The first-order valence-corrected chi connectivity index (χ1v) is 14.2. The van der Waals surface area contributed by atoms with E-state index >= 15 is 0 Å². The topological polar surface area (TPSA) is 83.4 Å². The van der Waals surface area contributed by atoms with Gasteiger partial charge in [-0.1, -0.05) is 72.8 Å². The van der Waals surface area contributed by atoms with Gasteiger partial charge in [-0.05, 0) is 53.1 Å². The Bertz CT molecular complexity index is 1470. The van der Waals surface area contributed by atoms with Crippen LogP contribution in [0.4, 0.5) is 5.69 Å². The fraction of sp³-hybridized carbons (Fsp3) is 0.257. The van der Waals surface area contributed by atoms with Crippen LogP contribution >= 0.6 is 0 Å². The average Bonchev–Trinajstić information content (AvgIpc) is 3.42. The average molecular weight is 564 g/mol. The molecule has 4 aromatic rings. The van der Waals surface area contributed by atoms with Gasteiger partial charge in [0.1, 0.15) is 5.75 Å². The Hall–Kier alpha value is -4.62. The number of nitrogens with one attached hydrogen (secondary N) is 1. The highest BCUT2D eigenvalue weighted by Crippen LogP contribution is 2.42. The number of ether oxygens (including phenoxy) is 2. The molecular formula is C35H37N3O4. The number of carbonyl (C=O) groups excluding carboxylic acids is 1. The largest absolute Gasteiger partial charge is 0.494 e. The van der Waals surface area contributed by atoms with Crippen molar-refractivity contribution in [2.75, 3.05) is 32.2 Å². The van der Waals surface area contributed by atoms with E-state index in [1.165, 1.54) is 0 Å². The van der Waals surface area contributed by atoms with Crippen molar-refractivity contribution in [3.8, 4) is 5.75 Å². The second kappa shape index (κ2) is 13.4. The molecule has 4 aromatic carbocycles. The highest BCUT2D eigenvalue weighted by atomic mass is 16.5. The predicted octanol–water partition coefficient (Wildman–Crippen LogP) is 5.33. The lowest BCUT2D eigenvalue weighted by molar-refractivity contribution is -0.129. The molecule has 42 heavy (non-hydrogen) atoms. The Kier molecular flexibility index (Phi) is 9.19. The summed E-state index contributed by atoms with van der Waals surface area (Å²) < 4.78 is 12.3. The standard InChI is InChI=1S/C35H37N3O4/c1-38(2)30-18-14-27(15-19-30)25-36-34(40)35(24-26-10-5-3-6-11-26)32(28-12-7-4-8-13-28)42-33(37-35)29-16-20-31(21-17-29)41-23-9-22-39/h3-8,10-21,32,39H,9,22-25H2,1-2H3,(H,36,40)/t32-,35-/m1/s1. The van der Waals surface area contributed by atoms with E-state index in [0.717, 1.165) is 27.9 Å². The van der Waals surface area contributed by atoms with Crippen molar-refractivity contribution in [2.45, 2.75) is 31.0 Å². The molecule has 0 spiro atoms. The summed E-state index contributed by atoms with van der Waals surface area (Å²) in [5, 5.41) is 12.2. The minimum absolute atomic E-state index is 0.0799. The van der Waals surface area contributed by atoms with E-state index in [1.54, 1.807) is 0 Å². The number of aliphatic hydroxyl groups excluding tert-OH is 1. The zero-order valence-corrected chi connectivity index (χ0v) is 24.1. The third kappa shape index (κ3) is 6.64. The summed E-state index contributed by atoms with van der Waals surface area (Å²) in [6.45, 7) is 0.882. The van der Waals surface area contributed by atoms with Crippen LogP contribution in [0.25, 0.3) is 0 Å². The summed E-state index contributed by atoms with van der Waals surface area (Å²) in [7, 11) is 4.00. The molecule has 0 bridgehead atoms. The third-order valence-electron chi connectivity index (χ3n) is 7.35. The minimum Gasteiger partial charge on any atom is -0.494 e. The van der Waals surface area contributed by atoms with Crippen molar-refractivity contribution in [1.29, 1.82) is 0 Å². The first-order valence-electron chi connectivity index (χ1n) is 14.2. The number of amides is 1. The van der Waals surface area contributed by atoms with Crippen LogP contribution in [0.5, 0.6) is 5.75 Å². The molecule has 1 aliphatic heterocycles. The quantitative estimate of drug-likeness (QED) is 0.228. The molecule has 2 N–H and O–H groups in total. The molecule has 216 valence electrons. The molecule has 0 aliphatic carbocycles. The van der Waals surface area contributed by atoms with E-state index in [2.05, 4.69) is 5.32 Å². The van der Waals surface area contributed by atoms with Gasteiger partial charge < -0.3 is 24.8 Å². The smallest absolute Gasteiger partial charge is 0.252 e. The molecule has 7 nitrogen and oxygen atoms in total. The van der Waals surface area contributed by atoms with E-state index < -0.39 is 11.6 Å². The second-order valence-corrected chi connectivity index (χ2v) is 10.6. The maximum Gasteiger partial charge on any atom is 0.252 e. The normalized spacial score (nSPS) is 17.7. The Morgan fingerprint density at radius 1 is 0.905 bits per heavy atom. The SMILES string of the molecule is CN(C)c1ccc(CNC(=O)[C@]2(Cc3ccccc3)N=C(c3ccc(OCCCO)cc3)O[C@@H]2c2ccccc2)cc1. The van der Waals surface area contributed by atoms with Gasteiger partial charge in [-0.25, -0.2) is 4.99 Å². The van der Waals surface area contributed by atoms with Gasteiger partial charge >= 0.3 is 0 Å². The molecule has 1 amide bonds. The zero-order valence-electron chi connectivity index (χ0n) is 24.1. The first kappa shape index (κ1) is 28.9. The summed E-state index contributed by atoms with van der Waals surface area (Å²) >= 11 is 0. The monoisotopic (exact) mass is 563 g/mol. The summed E-state index contributed by atoms with van der Waals surface area (Å²) in [5.41, 5.74) is 3.48. The van der Waals surface area contributed by atoms with Crippen LogP contribution < -0.4 is 15.0 Å². The van der Waals surface area contributed by atoms with Crippen LogP contribution in [0.3, 0.4) is 0 Å². The van der Waals surface area contributed by atoms with Crippen LogP contribution in [0.15, 0.2) is 114 Å². The van der Waals surface area contributed by atoms with Crippen molar-refractivity contribution in [3.63, 3.8) is 0 Å².